The van der Waals surface area contributed by atoms with Crippen LogP contribution in [0.15, 0.2) is 59.4 Å². The molecular formula is C22H26N4O2. The van der Waals surface area contributed by atoms with Crippen LogP contribution in [0.25, 0.3) is 10.8 Å². The van der Waals surface area contributed by atoms with Crippen LogP contribution in [0.5, 0.6) is 0 Å². The van der Waals surface area contributed by atoms with Crippen molar-refractivity contribution in [1.82, 2.24) is 20.0 Å². The van der Waals surface area contributed by atoms with E-state index in [0.29, 0.717) is 17.3 Å². The van der Waals surface area contributed by atoms with Crippen molar-refractivity contribution in [2.75, 3.05) is 19.6 Å². The third-order valence-corrected chi connectivity index (χ3v) is 5.07. The monoisotopic (exact) mass is 378 g/mol. The fourth-order valence-corrected chi connectivity index (χ4v) is 3.54. The maximum absolute atomic E-state index is 12.9. The molecule has 28 heavy (non-hydrogen) atoms. The van der Waals surface area contributed by atoms with Crippen molar-refractivity contribution in [2.45, 2.75) is 19.9 Å². The van der Waals surface area contributed by atoms with Gasteiger partial charge in [0.1, 0.15) is 0 Å². The van der Waals surface area contributed by atoms with Crippen molar-refractivity contribution in [3.63, 3.8) is 0 Å². The van der Waals surface area contributed by atoms with Gasteiger partial charge < -0.3 is 5.32 Å². The molecule has 1 heterocycles. The number of hydrogen-bond donors (Lipinski definition) is 1. The molecule has 0 saturated carbocycles. The first kappa shape index (κ1) is 19.8. The summed E-state index contributed by atoms with van der Waals surface area (Å²) < 4.78 is 1.22. The molecule has 0 radical (unpaired) electrons. The molecule has 6 nitrogen and oxygen atoms in total. The summed E-state index contributed by atoms with van der Waals surface area (Å²) in [6.07, 6.45) is 0. The number of likely N-dealkylation sites (N-methyl/N-ethyl adjacent to an activating group) is 1. The predicted molar refractivity (Wildman–Crippen MR) is 111 cm³/mol. The molecule has 0 bridgehead atoms. The highest BCUT2D eigenvalue weighted by molar-refractivity contribution is 6.04. The van der Waals surface area contributed by atoms with E-state index in [-0.39, 0.29) is 23.2 Å². The largest absolute Gasteiger partial charge is 0.349 e. The first-order chi connectivity index (χ1) is 13.6. The van der Waals surface area contributed by atoms with Crippen molar-refractivity contribution in [2.24, 2.45) is 7.05 Å². The molecule has 0 aliphatic rings. The number of nitrogens with zero attached hydrogens (tertiary/aromatic N) is 3. The minimum Gasteiger partial charge on any atom is -0.349 e. The summed E-state index contributed by atoms with van der Waals surface area (Å²) in [6, 6.07) is 17.3. The minimum absolute atomic E-state index is 0.0685. The second-order valence-corrected chi connectivity index (χ2v) is 6.68. The van der Waals surface area contributed by atoms with Crippen LogP contribution in [0.4, 0.5) is 0 Å². The number of rotatable bonds is 7. The van der Waals surface area contributed by atoms with Crippen molar-refractivity contribution >= 4 is 16.7 Å². The summed E-state index contributed by atoms with van der Waals surface area (Å²) in [7, 11) is 1.56. The average molecular weight is 378 g/mol. The molecule has 0 aliphatic carbocycles. The quantitative estimate of drug-likeness (QED) is 0.686. The van der Waals surface area contributed by atoms with Crippen LogP contribution >= 0.6 is 0 Å². The molecule has 3 aromatic rings. The van der Waals surface area contributed by atoms with Gasteiger partial charge in [0.15, 0.2) is 5.69 Å². The molecule has 1 N–H and O–H groups in total. The van der Waals surface area contributed by atoms with E-state index < -0.39 is 0 Å². The lowest BCUT2D eigenvalue weighted by molar-refractivity contribution is 0.0929. The topological polar surface area (TPSA) is 67.2 Å². The van der Waals surface area contributed by atoms with E-state index in [4.69, 9.17) is 0 Å². The SMILES string of the molecule is CCN(CC)[C@H](CNC(=O)c1nn(C)c(=O)c2ccccc12)c1ccccc1. The smallest absolute Gasteiger partial charge is 0.274 e. The summed E-state index contributed by atoms with van der Waals surface area (Å²) in [5, 5.41) is 8.31. The van der Waals surface area contributed by atoms with Gasteiger partial charge in [0.25, 0.3) is 11.5 Å². The Morgan fingerprint density at radius 1 is 1.04 bits per heavy atom. The third kappa shape index (κ3) is 3.97. The van der Waals surface area contributed by atoms with E-state index >= 15 is 0 Å². The molecule has 0 saturated heterocycles. The van der Waals surface area contributed by atoms with Gasteiger partial charge in [0, 0.05) is 19.0 Å². The molecule has 3 rings (SSSR count). The molecule has 1 atom stereocenters. The van der Waals surface area contributed by atoms with Gasteiger partial charge >= 0.3 is 0 Å². The van der Waals surface area contributed by atoms with Gasteiger partial charge in [0.05, 0.1) is 11.4 Å². The second-order valence-electron chi connectivity index (χ2n) is 6.68. The summed E-state index contributed by atoms with van der Waals surface area (Å²) >= 11 is 0. The highest BCUT2D eigenvalue weighted by atomic mass is 16.2. The van der Waals surface area contributed by atoms with Gasteiger partial charge in [-0.3, -0.25) is 14.5 Å². The molecule has 0 spiro atoms. The molecule has 2 aromatic carbocycles. The van der Waals surface area contributed by atoms with Crippen molar-refractivity contribution in [3.05, 3.63) is 76.2 Å². The Bertz CT molecular complexity index is 1010. The second kappa shape index (κ2) is 8.80. The molecule has 0 aliphatic heterocycles. The fourth-order valence-electron chi connectivity index (χ4n) is 3.54. The highest BCUT2D eigenvalue weighted by Crippen LogP contribution is 2.20. The Morgan fingerprint density at radius 2 is 1.64 bits per heavy atom. The van der Waals surface area contributed by atoms with E-state index in [1.54, 1.807) is 25.2 Å². The zero-order valence-electron chi connectivity index (χ0n) is 16.6. The normalized spacial score (nSPS) is 12.3. The number of aryl methyl sites for hydroxylation is 1. The number of carbonyl (C=O) groups is 1. The Kier molecular flexibility index (Phi) is 6.21. The van der Waals surface area contributed by atoms with E-state index in [1.165, 1.54) is 4.68 Å². The maximum atomic E-state index is 12.9. The molecule has 1 amide bonds. The number of fused-ring (bicyclic) bond motifs is 1. The van der Waals surface area contributed by atoms with E-state index in [9.17, 15) is 9.59 Å². The number of carbonyl (C=O) groups excluding carboxylic acids is 1. The molecule has 0 fully saturated rings. The van der Waals surface area contributed by atoms with Crippen LogP contribution in [0, 0.1) is 0 Å². The van der Waals surface area contributed by atoms with Gasteiger partial charge in [-0.2, -0.15) is 5.10 Å². The molecule has 146 valence electrons. The van der Waals surface area contributed by atoms with E-state index in [0.717, 1.165) is 18.7 Å². The van der Waals surface area contributed by atoms with Crippen LogP contribution in [0.1, 0.15) is 35.9 Å². The Balaban J connectivity index is 1.89. The molecule has 6 heteroatoms. The van der Waals surface area contributed by atoms with Gasteiger partial charge in [0.2, 0.25) is 0 Å². The Labute approximate surface area is 164 Å². The van der Waals surface area contributed by atoms with E-state index in [2.05, 4.69) is 41.3 Å². The lowest BCUT2D eigenvalue weighted by Crippen LogP contribution is -2.39. The van der Waals surface area contributed by atoms with Gasteiger partial charge in [-0.05, 0) is 24.7 Å². The molecule has 1 aromatic heterocycles. The first-order valence-corrected chi connectivity index (χ1v) is 9.60. The van der Waals surface area contributed by atoms with Crippen molar-refractivity contribution in [3.8, 4) is 0 Å². The van der Waals surface area contributed by atoms with Crippen LogP contribution < -0.4 is 10.9 Å². The lowest BCUT2D eigenvalue weighted by atomic mass is 10.0. The summed E-state index contributed by atoms with van der Waals surface area (Å²) in [6.45, 7) is 6.45. The van der Waals surface area contributed by atoms with Crippen molar-refractivity contribution < 1.29 is 4.79 Å². The summed E-state index contributed by atoms with van der Waals surface area (Å²) in [4.78, 5) is 27.5. The zero-order valence-corrected chi connectivity index (χ0v) is 16.6. The van der Waals surface area contributed by atoms with Crippen molar-refractivity contribution in [1.29, 1.82) is 0 Å². The number of amides is 1. The molecule has 0 unspecified atom stereocenters. The third-order valence-electron chi connectivity index (χ3n) is 5.07. The average Bonchev–Trinajstić information content (AvgIpc) is 2.74. The van der Waals surface area contributed by atoms with Crippen LogP contribution in [0.2, 0.25) is 0 Å². The Morgan fingerprint density at radius 3 is 2.29 bits per heavy atom. The van der Waals surface area contributed by atoms with Gasteiger partial charge in [-0.25, -0.2) is 4.68 Å². The first-order valence-electron chi connectivity index (χ1n) is 9.60. The number of hydrogen-bond acceptors (Lipinski definition) is 4. The minimum atomic E-state index is -0.278. The fraction of sp³-hybridized carbons (Fsp3) is 0.318. The Hall–Kier alpha value is -2.99. The number of aromatic nitrogens is 2. The number of benzene rings is 2. The van der Waals surface area contributed by atoms with Crippen LogP contribution in [-0.2, 0) is 7.05 Å². The standard InChI is InChI=1S/C22H26N4O2/c1-4-26(5-2)19(16-11-7-6-8-12-16)15-23-21(27)20-17-13-9-10-14-18(17)22(28)25(3)24-20/h6-14,19H,4-5,15H2,1-3H3,(H,23,27)/t19-/m1/s1. The highest BCUT2D eigenvalue weighted by Gasteiger charge is 2.21. The predicted octanol–water partition coefficient (Wildman–Crippen LogP) is 2.75. The van der Waals surface area contributed by atoms with Crippen LogP contribution in [0.3, 0.4) is 0 Å². The summed E-state index contributed by atoms with van der Waals surface area (Å²) in [5.74, 6) is -0.278. The zero-order chi connectivity index (χ0) is 20.1. The van der Waals surface area contributed by atoms with Gasteiger partial charge in [-0.1, -0.05) is 62.4 Å². The number of nitrogens with one attached hydrogen (secondary N) is 1. The maximum Gasteiger partial charge on any atom is 0.274 e. The van der Waals surface area contributed by atoms with Gasteiger partial charge in [-0.15, -0.1) is 0 Å². The molecular weight excluding hydrogens is 352 g/mol. The van der Waals surface area contributed by atoms with E-state index in [1.807, 2.05) is 24.3 Å². The van der Waals surface area contributed by atoms with Crippen LogP contribution in [-0.4, -0.2) is 40.2 Å². The lowest BCUT2D eigenvalue weighted by Gasteiger charge is -2.30. The summed E-state index contributed by atoms with van der Waals surface area (Å²) in [5.41, 5.74) is 1.21.